The van der Waals surface area contributed by atoms with Gasteiger partial charge in [-0.25, -0.2) is 4.39 Å². The molecule has 1 aliphatic heterocycles. The van der Waals surface area contributed by atoms with Gasteiger partial charge in [-0.15, -0.1) is 0 Å². The first-order valence-electron chi connectivity index (χ1n) is 14.5. The number of carbonyl (C=O) groups excluding carboxylic acids is 1. The lowest BCUT2D eigenvalue weighted by atomic mass is 9.72. The molecule has 1 heterocycles. The number of fused-ring (bicyclic) bond motifs is 1. The summed E-state index contributed by atoms with van der Waals surface area (Å²) in [6.07, 6.45) is 2.46. The van der Waals surface area contributed by atoms with Crippen LogP contribution in [0.3, 0.4) is 0 Å². The zero-order valence-electron chi connectivity index (χ0n) is 24.8. The van der Waals surface area contributed by atoms with Crippen molar-refractivity contribution in [2.75, 3.05) is 36.3 Å². The summed E-state index contributed by atoms with van der Waals surface area (Å²) in [5, 5.41) is 0.177. The highest BCUT2D eigenvalue weighted by Crippen LogP contribution is 2.48. The van der Waals surface area contributed by atoms with Crippen LogP contribution in [0.5, 0.6) is 0 Å². The highest BCUT2D eigenvalue weighted by molar-refractivity contribution is 8.00. The van der Waals surface area contributed by atoms with E-state index in [1.807, 2.05) is 18.0 Å². The largest absolute Gasteiger partial charge is 0.360 e. The van der Waals surface area contributed by atoms with E-state index in [4.69, 9.17) is 4.99 Å². The van der Waals surface area contributed by atoms with E-state index in [2.05, 4.69) is 79.8 Å². The third-order valence-corrected chi connectivity index (χ3v) is 9.62. The molecule has 2 atom stereocenters. The number of amidine groups is 1. The zero-order chi connectivity index (χ0) is 29.1. The van der Waals surface area contributed by atoms with Crippen LogP contribution in [0.25, 0.3) is 0 Å². The second-order valence-electron chi connectivity index (χ2n) is 12.1. The molecule has 0 spiro atoms. The molecule has 3 aromatic rings. The van der Waals surface area contributed by atoms with Crippen LogP contribution < -0.4 is 9.62 Å². The van der Waals surface area contributed by atoms with Crippen LogP contribution >= 0.6 is 11.9 Å². The maximum absolute atomic E-state index is 14.0. The molecule has 41 heavy (non-hydrogen) atoms. The average Bonchev–Trinajstić information content (AvgIpc) is 3.35. The molecule has 0 fully saturated rings. The van der Waals surface area contributed by atoms with Crippen molar-refractivity contribution in [1.82, 2.24) is 4.90 Å². The minimum Gasteiger partial charge on any atom is -0.360 e. The smallest absolute Gasteiger partial charge is 0.228 e. The summed E-state index contributed by atoms with van der Waals surface area (Å²) in [6.45, 7) is 10.9. The highest BCUT2D eigenvalue weighted by Gasteiger charge is 2.34. The molecule has 0 radical (unpaired) electrons. The number of nitrogens with zero attached hydrogens (tertiary/aromatic N) is 3. The Morgan fingerprint density at radius 2 is 1.95 bits per heavy atom. The molecular formula is C34H41FN4OS. The molecule has 1 N–H and O–H groups in total. The number of nitrogens with one attached hydrogen (secondary N) is 1. The van der Waals surface area contributed by atoms with Gasteiger partial charge in [0.1, 0.15) is 11.7 Å². The fraction of sp³-hybridized carbons (Fsp3) is 0.412. The van der Waals surface area contributed by atoms with Gasteiger partial charge in [0, 0.05) is 36.6 Å². The summed E-state index contributed by atoms with van der Waals surface area (Å²) in [7, 11) is 2.05. The molecule has 3 aromatic carbocycles. The van der Waals surface area contributed by atoms with Gasteiger partial charge >= 0.3 is 0 Å². The van der Waals surface area contributed by atoms with E-state index in [1.165, 1.54) is 34.4 Å². The molecule has 0 aromatic heterocycles. The molecule has 7 heteroatoms. The van der Waals surface area contributed by atoms with Crippen molar-refractivity contribution in [1.29, 1.82) is 0 Å². The average molecular weight is 573 g/mol. The lowest BCUT2D eigenvalue weighted by Crippen LogP contribution is -2.40. The van der Waals surface area contributed by atoms with Gasteiger partial charge in [-0.05, 0) is 90.1 Å². The summed E-state index contributed by atoms with van der Waals surface area (Å²) in [6, 6.07) is 21.6. The second kappa shape index (κ2) is 12.3. The van der Waals surface area contributed by atoms with Gasteiger partial charge < -0.3 is 14.5 Å². The first-order valence-corrected chi connectivity index (χ1v) is 15.4. The normalized spacial score (nSPS) is 18.4. The van der Waals surface area contributed by atoms with E-state index in [-0.39, 0.29) is 28.3 Å². The minimum absolute atomic E-state index is 0.0360. The predicted octanol–water partition coefficient (Wildman–Crippen LogP) is 7.88. The van der Waals surface area contributed by atoms with Gasteiger partial charge in [-0.1, -0.05) is 62.7 Å². The minimum atomic E-state index is -0.253. The number of aliphatic imine (C=N–C) groups is 1. The maximum Gasteiger partial charge on any atom is 0.228 e. The molecule has 1 unspecified atom stereocenters. The van der Waals surface area contributed by atoms with Crippen molar-refractivity contribution in [2.45, 2.75) is 63.5 Å². The Morgan fingerprint density at radius 1 is 1.17 bits per heavy atom. The Morgan fingerprint density at radius 3 is 2.66 bits per heavy atom. The van der Waals surface area contributed by atoms with Crippen molar-refractivity contribution in [3.05, 3.63) is 94.8 Å². The number of likely N-dealkylation sites (N-methyl/N-ethyl adjacent to an activating group) is 1. The van der Waals surface area contributed by atoms with Crippen LogP contribution in [-0.4, -0.2) is 43.3 Å². The summed E-state index contributed by atoms with van der Waals surface area (Å²) >= 11 is 1.62. The van der Waals surface area contributed by atoms with E-state index in [9.17, 15) is 9.18 Å². The van der Waals surface area contributed by atoms with Gasteiger partial charge in [0.15, 0.2) is 0 Å². The Hall–Kier alpha value is -3.32. The number of carbonyl (C=O) groups is 1. The fourth-order valence-corrected chi connectivity index (χ4v) is 6.76. The second-order valence-corrected chi connectivity index (χ2v) is 13.1. The molecule has 0 saturated heterocycles. The number of aryl methyl sites for hydroxylation is 1. The Balaban J connectivity index is 1.44. The SMILES string of the molecule is Cc1ccc([C@@H](C)CC(=O)N(CC2=NCCN2C)c2ccc3c(c2)C(SNc2cccc(F)c2)CCC3(C)C)cc1. The molecule has 0 saturated carbocycles. The Bertz CT molecular complexity index is 1420. The summed E-state index contributed by atoms with van der Waals surface area (Å²) < 4.78 is 17.2. The van der Waals surface area contributed by atoms with Crippen LogP contribution in [0.2, 0.25) is 0 Å². The predicted molar refractivity (Wildman–Crippen MR) is 171 cm³/mol. The number of amides is 1. The third-order valence-electron chi connectivity index (χ3n) is 8.50. The van der Waals surface area contributed by atoms with E-state index >= 15 is 0 Å². The molecular weight excluding hydrogens is 531 g/mol. The van der Waals surface area contributed by atoms with Crippen molar-refractivity contribution in [3.8, 4) is 0 Å². The molecule has 1 amide bonds. The van der Waals surface area contributed by atoms with E-state index in [0.29, 0.717) is 13.0 Å². The number of halogens is 1. The molecule has 1 aliphatic carbocycles. The zero-order valence-corrected chi connectivity index (χ0v) is 25.6. The fourth-order valence-electron chi connectivity index (χ4n) is 5.80. The summed E-state index contributed by atoms with van der Waals surface area (Å²) in [5.41, 5.74) is 6.62. The number of anilines is 2. The lowest BCUT2D eigenvalue weighted by Gasteiger charge is -2.38. The van der Waals surface area contributed by atoms with Crippen molar-refractivity contribution >= 4 is 35.1 Å². The van der Waals surface area contributed by atoms with Gasteiger partial charge in [-0.2, -0.15) is 0 Å². The van der Waals surface area contributed by atoms with Gasteiger partial charge in [-0.3, -0.25) is 9.79 Å². The molecule has 2 aliphatic rings. The first kappa shape index (κ1) is 29.2. The first-order chi connectivity index (χ1) is 19.6. The molecule has 5 rings (SSSR count). The van der Waals surface area contributed by atoms with Gasteiger partial charge in [0.2, 0.25) is 5.91 Å². The van der Waals surface area contributed by atoms with Crippen LogP contribution in [-0.2, 0) is 10.2 Å². The van der Waals surface area contributed by atoms with Gasteiger partial charge in [0.25, 0.3) is 0 Å². The quantitative estimate of drug-likeness (QED) is 0.265. The van der Waals surface area contributed by atoms with Crippen LogP contribution in [0, 0.1) is 12.7 Å². The monoisotopic (exact) mass is 572 g/mol. The van der Waals surface area contributed by atoms with Crippen molar-refractivity contribution in [3.63, 3.8) is 0 Å². The molecule has 0 bridgehead atoms. The van der Waals surface area contributed by atoms with Crippen molar-refractivity contribution in [2.24, 2.45) is 4.99 Å². The number of benzene rings is 3. The Kier molecular flexibility index (Phi) is 8.74. The maximum atomic E-state index is 14.0. The lowest BCUT2D eigenvalue weighted by molar-refractivity contribution is -0.118. The number of hydrogen-bond donors (Lipinski definition) is 1. The van der Waals surface area contributed by atoms with Gasteiger partial charge in [0.05, 0.1) is 13.1 Å². The topological polar surface area (TPSA) is 47.9 Å². The van der Waals surface area contributed by atoms with Crippen LogP contribution in [0.15, 0.2) is 71.7 Å². The Labute approximate surface area is 248 Å². The molecule has 216 valence electrons. The van der Waals surface area contributed by atoms with Crippen LogP contribution in [0.4, 0.5) is 15.8 Å². The highest BCUT2D eigenvalue weighted by atomic mass is 32.2. The van der Waals surface area contributed by atoms with E-state index in [0.717, 1.165) is 43.1 Å². The molecule has 5 nitrogen and oxygen atoms in total. The number of rotatable bonds is 9. The van der Waals surface area contributed by atoms with Crippen molar-refractivity contribution < 1.29 is 9.18 Å². The number of hydrogen-bond acceptors (Lipinski definition) is 5. The van der Waals surface area contributed by atoms with Crippen LogP contribution in [0.1, 0.15) is 73.5 Å². The van der Waals surface area contributed by atoms with E-state index < -0.39 is 0 Å². The summed E-state index contributed by atoms with van der Waals surface area (Å²) in [4.78, 5) is 22.8. The standard InChI is InChI=1S/C34H41FN4OS/c1-23-9-11-25(12-10-23)24(2)19-33(40)39(22-32-36-17-18-38(32)5)28-13-14-30-29(21-28)31(15-16-34(30,3)4)41-37-27-8-6-7-26(35)20-27/h6-14,20-21,24,31,37H,15-19,22H2,1-5H3/t24-,31?/m0/s1. The van der Waals surface area contributed by atoms with E-state index in [1.54, 1.807) is 18.0 Å². The third kappa shape index (κ3) is 6.78. The summed E-state index contributed by atoms with van der Waals surface area (Å²) in [5.74, 6) is 0.886.